The summed E-state index contributed by atoms with van der Waals surface area (Å²) >= 11 is 0. The number of carbonyl (C=O) groups excluding carboxylic acids is 2. The smallest absolute Gasteiger partial charge is 0.462 e. The van der Waals surface area contributed by atoms with Gasteiger partial charge in [0, 0.05) is 0 Å². The number of carbonyl (C=O) groups is 2. The lowest BCUT2D eigenvalue weighted by molar-refractivity contribution is 0.0522. The molecule has 0 N–H and O–H groups in total. The van der Waals surface area contributed by atoms with Crippen molar-refractivity contribution >= 4 is 12.1 Å². The molecule has 0 bridgehead atoms. The van der Waals surface area contributed by atoms with Crippen molar-refractivity contribution in [1.82, 2.24) is 0 Å². The number of esters is 1. The zero-order valence-corrected chi connectivity index (χ0v) is 23.0. The highest BCUT2D eigenvalue weighted by atomic mass is 16.7. The lowest BCUT2D eigenvalue weighted by Gasteiger charge is -2.12. The van der Waals surface area contributed by atoms with Gasteiger partial charge in [0.15, 0.2) is 0 Å². The lowest BCUT2D eigenvalue weighted by Crippen LogP contribution is -2.17. The summed E-state index contributed by atoms with van der Waals surface area (Å²) in [6.07, 6.45) is 18.5. The Balaban J connectivity index is 1.65. The van der Waals surface area contributed by atoms with E-state index < -0.39 is 12.1 Å². The molecular formula is C32H46O5. The van der Waals surface area contributed by atoms with E-state index in [0.717, 1.165) is 18.4 Å². The third-order valence-electron chi connectivity index (χ3n) is 6.54. The van der Waals surface area contributed by atoms with E-state index >= 15 is 0 Å². The molecule has 204 valence electrons. The van der Waals surface area contributed by atoms with Crippen LogP contribution in [0.4, 0.5) is 4.79 Å². The van der Waals surface area contributed by atoms with Crippen molar-refractivity contribution in [3.8, 4) is 11.5 Å². The molecule has 0 saturated carbocycles. The lowest BCUT2D eigenvalue weighted by atomic mass is 10.0. The number of hydrogen-bond acceptors (Lipinski definition) is 5. The Bertz CT molecular complexity index is 908. The summed E-state index contributed by atoms with van der Waals surface area (Å²) in [4.78, 5) is 24.6. The minimum absolute atomic E-state index is 0.121. The molecule has 2 rings (SSSR count). The monoisotopic (exact) mass is 510 g/mol. The Morgan fingerprint density at radius 1 is 0.595 bits per heavy atom. The fourth-order valence-corrected chi connectivity index (χ4v) is 4.45. The molecule has 2 aromatic carbocycles. The Hall–Kier alpha value is -2.82. The molecule has 0 heterocycles. The number of benzene rings is 2. The van der Waals surface area contributed by atoms with Crippen molar-refractivity contribution in [2.24, 2.45) is 0 Å². The fourth-order valence-electron chi connectivity index (χ4n) is 4.45. The van der Waals surface area contributed by atoms with Gasteiger partial charge in [-0.2, -0.15) is 0 Å². The molecular weight excluding hydrogens is 464 g/mol. The molecule has 0 saturated heterocycles. The Labute approximate surface area is 223 Å². The Morgan fingerprint density at radius 3 is 1.68 bits per heavy atom. The van der Waals surface area contributed by atoms with Crippen LogP contribution in [0.3, 0.4) is 0 Å². The van der Waals surface area contributed by atoms with Crippen molar-refractivity contribution < 1.29 is 23.8 Å². The van der Waals surface area contributed by atoms with E-state index in [4.69, 9.17) is 14.2 Å². The van der Waals surface area contributed by atoms with E-state index in [1.54, 1.807) is 37.3 Å². The number of ether oxygens (including phenoxy) is 3. The SMILES string of the molecule is CCCCCCCCCCCCCCCCc1ccccc1OC(=O)Oc1ccccc1C(=O)OCC. The zero-order chi connectivity index (χ0) is 26.6. The van der Waals surface area contributed by atoms with Crippen LogP contribution in [0.5, 0.6) is 11.5 Å². The second-order valence-corrected chi connectivity index (χ2v) is 9.62. The van der Waals surface area contributed by atoms with Crippen molar-refractivity contribution in [2.75, 3.05) is 6.61 Å². The summed E-state index contributed by atoms with van der Waals surface area (Å²) in [5.74, 6) is 0.0790. The maximum atomic E-state index is 12.5. The molecule has 0 aliphatic rings. The Kier molecular flexibility index (Phi) is 15.9. The molecule has 37 heavy (non-hydrogen) atoms. The van der Waals surface area contributed by atoms with E-state index in [1.165, 1.54) is 83.5 Å². The minimum Gasteiger partial charge on any atom is -0.462 e. The van der Waals surface area contributed by atoms with Gasteiger partial charge in [0.25, 0.3) is 0 Å². The third-order valence-corrected chi connectivity index (χ3v) is 6.54. The summed E-state index contributed by atoms with van der Waals surface area (Å²) in [6, 6.07) is 14.0. The topological polar surface area (TPSA) is 61.8 Å². The van der Waals surface area contributed by atoms with Gasteiger partial charge in [-0.1, -0.05) is 121 Å². The highest BCUT2D eigenvalue weighted by Crippen LogP contribution is 2.24. The molecule has 0 aliphatic heterocycles. The summed E-state index contributed by atoms with van der Waals surface area (Å²) in [7, 11) is 0. The Morgan fingerprint density at radius 2 is 1.08 bits per heavy atom. The number of para-hydroxylation sites is 2. The first-order chi connectivity index (χ1) is 18.2. The molecule has 0 aliphatic carbocycles. The molecule has 0 radical (unpaired) electrons. The zero-order valence-electron chi connectivity index (χ0n) is 23.0. The van der Waals surface area contributed by atoms with E-state index in [0.29, 0.717) is 5.75 Å². The highest BCUT2D eigenvalue weighted by molar-refractivity contribution is 5.93. The normalized spacial score (nSPS) is 10.8. The van der Waals surface area contributed by atoms with Crippen LogP contribution in [0.15, 0.2) is 48.5 Å². The van der Waals surface area contributed by atoms with Crippen LogP contribution >= 0.6 is 0 Å². The molecule has 5 heteroatoms. The van der Waals surface area contributed by atoms with Gasteiger partial charge in [0.05, 0.1) is 6.61 Å². The molecule has 0 atom stereocenters. The van der Waals surface area contributed by atoms with Crippen molar-refractivity contribution in [3.05, 3.63) is 59.7 Å². The van der Waals surface area contributed by atoms with Gasteiger partial charge in [-0.25, -0.2) is 9.59 Å². The number of rotatable bonds is 19. The van der Waals surface area contributed by atoms with Crippen LogP contribution in [0.2, 0.25) is 0 Å². The van der Waals surface area contributed by atoms with Gasteiger partial charge in [-0.05, 0) is 43.5 Å². The molecule has 0 spiro atoms. The van der Waals surface area contributed by atoms with E-state index in [2.05, 4.69) is 6.92 Å². The van der Waals surface area contributed by atoms with Crippen molar-refractivity contribution in [1.29, 1.82) is 0 Å². The summed E-state index contributed by atoms with van der Waals surface area (Å²) in [5, 5.41) is 0. The van der Waals surface area contributed by atoms with Gasteiger partial charge in [-0.15, -0.1) is 0 Å². The molecule has 5 nitrogen and oxygen atoms in total. The maximum absolute atomic E-state index is 12.5. The molecule has 0 aromatic heterocycles. The first kappa shape index (κ1) is 30.4. The average molecular weight is 511 g/mol. The highest BCUT2D eigenvalue weighted by Gasteiger charge is 2.18. The van der Waals surface area contributed by atoms with Gasteiger partial charge in [0.1, 0.15) is 17.1 Å². The first-order valence-corrected chi connectivity index (χ1v) is 14.4. The maximum Gasteiger partial charge on any atom is 0.519 e. The third kappa shape index (κ3) is 12.8. The summed E-state index contributed by atoms with van der Waals surface area (Å²) in [5.41, 5.74) is 1.18. The number of unbranched alkanes of at least 4 members (excludes halogenated alkanes) is 13. The van der Waals surface area contributed by atoms with Crippen molar-refractivity contribution in [3.63, 3.8) is 0 Å². The van der Waals surface area contributed by atoms with Crippen LogP contribution < -0.4 is 9.47 Å². The van der Waals surface area contributed by atoms with Gasteiger partial charge in [0.2, 0.25) is 0 Å². The summed E-state index contributed by atoms with van der Waals surface area (Å²) < 4.78 is 15.9. The fraction of sp³-hybridized carbons (Fsp3) is 0.562. The van der Waals surface area contributed by atoms with Crippen molar-refractivity contribution in [2.45, 2.75) is 110 Å². The summed E-state index contributed by atoms with van der Waals surface area (Å²) in [6.45, 7) is 4.24. The van der Waals surface area contributed by atoms with E-state index in [1.807, 2.05) is 18.2 Å². The quantitative estimate of drug-likeness (QED) is 0.107. The number of hydrogen-bond donors (Lipinski definition) is 0. The minimum atomic E-state index is -0.870. The number of aryl methyl sites for hydroxylation is 1. The standard InChI is InChI=1S/C32H46O5/c1-3-5-6-7-8-9-10-11-12-13-14-15-16-17-22-27-23-18-20-25-29(27)36-32(34)37-30-26-21-19-24-28(30)31(33)35-4-2/h18-21,23-26H,3-17,22H2,1-2H3. The van der Waals surface area contributed by atoms with E-state index in [-0.39, 0.29) is 17.9 Å². The van der Waals surface area contributed by atoms with Gasteiger partial charge < -0.3 is 14.2 Å². The molecule has 0 amide bonds. The predicted octanol–water partition coefficient (Wildman–Crippen LogP) is 9.46. The van der Waals surface area contributed by atoms with Gasteiger partial charge >= 0.3 is 12.1 Å². The van der Waals surface area contributed by atoms with Crippen LogP contribution in [-0.4, -0.2) is 18.7 Å². The predicted molar refractivity (Wildman–Crippen MR) is 150 cm³/mol. The first-order valence-electron chi connectivity index (χ1n) is 14.4. The van der Waals surface area contributed by atoms with E-state index in [9.17, 15) is 9.59 Å². The molecule has 0 fully saturated rings. The largest absolute Gasteiger partial charge is 0.519 e. The van der Waals surface area contributed by atoms with Crippen LogP contribution in [0.25, 0.3) is 0 Å². The second-order valence-electron chi connectivity index (χ2n) is 9.62. The second kappa shape index (κ2) is 19.3. The molecule has 0 unspecified atom stereocenters. The van der Waals surface area contributed by atoms with Crippen LogP contribution in [-0.2, 0) is 11.2 Å². The van der Waals surface area contributed by atoms with Gasteiger partial charge in [-0.3, -0.25) is 0 Å². The van der Waals surface area contributed by atoms with Crippen LogP contribution in [0.1, 0.15) is 120 Å². The average Bonchev–Trinajstić information content (AvgIpc) is 2.90. The molecule has 2 aromatic rings. The van der Waals surface area contributed by atoms with Crippen LogP contribution in [0, 0.1) is 0 Å².